The maximum Gasteiger partial charge on any atom is 0.363 e. The van der Waals surface area contributed by atoms with Gasteiger partial charge in [-0.3, -0.25) is 4.98 Å². The maximum absolute atomic E-state index is 11.6. The molecule has 4 nitrogen and oxygen atoms in total. The fourth-order valence-corrected chi connectivity index (χ4v) is 1.45. The van der Waals surface area contributed by atoms with E-state index >= 15 is 0 Å². The van der Waals surface area contributed by atoms with Crippen molar-refractivity contribution in [1.29, 1.82) is 0 Å². The molecule has 0 saturated heterocycles. The monoisotopic (exact) mass is 278 g/mol. The predicted octanol–water partition coefficient (Wildman–Crippen LogP) is 2.46. The molecule has 1 heterocycles. The summed E-state index contributed by atoms with van der Waals surface area (Å²) in [5.74, 6) is -0.0712. The average molecular weight is 279 g/mol. The van der Waals surface area contributed by atoms with Gasteiger partial charge in [-0.05, 0) is 28.1 Å². The van der Waals surface area contributed by atoms with Gasteiger partial charge in [-0.2, -0.15) is 0 Å². The molecule has 16 heavy (non-hydrogen) atoms. The second-order valence-corrected chi connectivity index (χ2v) is 3.76. The summed E-state index contributed by atoms with van der Waals surface area (Å²) in [4.78, 5) is 19.3. The molecule has 0 amide bonds. The molecule has 0 aliphatic carbocycles. The highest BCUT2D eigenvalue weighted by atomic mass is 79.9. The number of nitrogens with zero attached hydrogens (tertiary/aromatic N) is 2. The van der Waals surface area contributed by atoms with Gasteiger partial charge >= 0.3 is 5.97 Å². The van der Waals surface area contributed by atoms with Crippen LogP contribution in [0.5, 0.6) is 5.75 Å². The van der Waals surface area contributed by atoms with E-state index in [9.17, 15) is 4.79 Å². The van der Waals surface area contributed by atoms with E-state index in [0.29, 0.717) is 10.2 Å². The first-order chi connectivity index (χ1) is 7.77. The zero-order chi connectivity index (χ0) is 11.4. The molecule has 80 valence electrons. The van der Waals surface area contributed by atoms with Gasteiger partial charge < -0.3 is 4.74 Å². The van der Waals surface area contributed by atoms with Gasteiger partial charge in [0.25, 0.3) is 0 Å². The number of ether oxygens (including phenoxy) is 1. The van der Waals surface area contributed by atoms with Crippen molar-refractivity contribution < 1.29 is 9.53 Å². The molecule has 0 fully saturated rings. The summed E-state index contributed by atoms with van der Waals surface area (Å²) in [6, 6.07) is 7.10. The Bertz CT molecular complexity index is 502. The number of aromatic nitrogens is 2. The Hall–Kier alpha value is -1.75. The first-order valence-electron chi connectivity index (χ1n) is 4.50. The average Bonchev–Trinajstić information content (AvgIpc) is 2.33. The number of carbonyl (C=O) groups excluding carboxylic acids is 1. The van der Waals surface area contributed by atoms with Crippen LogP contribution in [0.1, 0.15) is 10.5 Å². The normalized spacial score (nSPS) is 9.81. The highest BCUT2D eigenvalue weighted by molar-refractivity contribution is 9.10. The van der Waals surface area contributed by atoms with Crippen molar-refractivity contribution in [3.8, 4) is 5.75 Å². The summed E-state index contributed by atoms with van der Waals surface area (Å²) >= 11 is 3.28. The van der Waals surface area contributed by atoms with Gasteiger partial charge in [0.15, 0.2) is 5.69 Å². The third kappa shape index (κ3) is 2.43. The summed E-state index contributed by atoms with van der Waals surface area (Å²) < 4.78 is 5.86. The Labute approximate surface area is 100 Å². The van der Waals surface area contributed by atoms with Crippen LogP contribution in [0.15, 0.2) is 47.3 Å². The topological polar surface area (TPSA) is 52.1 Å². The van der Waals surface area contributed by atoms with Crippen molar-refractivity contribution in [1.82, 2.24) is 9.97 Å². The third-order valence-electron chi connectivity index (χ3n) is 1.81. The molecule has 0 spiro atoms. The van der Waals surface area contributed by atoms with Gasteiger partial charge in [-0.15, -0.1) is 0 Å². The zero-order valence-corrected chi connectivity index (χ0v) is 9.72. The lowest BCUT2D eigenvalue weighted by molar-refractivity contribution is 0.0727. The summed E-state index contributed by atoms with van der Waals surface area (Å²) in [6.07, 6.45) is 4.30. The summed E-state index contributed by atoms with van der Waals surface area (Å²) in [6.45, 7) is 0. The number of halogens is 1. The van der Waals surface area contributed by atoms with Crippen molar-refractivity contribution in [2.75, 3.05) is 0 Å². The van der Waals surface area contributed by atoms with Crippen molar-refractivity contribution in [2.24, 2.45) is 0 Å². The summed E-state index contributed by atoms with van der Waals surface area (Å²) in [5.41, 5.74) is 0.179. The van der Waals surface area contributed by atoms with Gasteiger partial charge in [0.05, 0.1) is 10.7 Å². The van der Waals surface area contributed by atoms with Gasteiger partial charge in [-0.25, -0.2) is 9.78 Å². The van der Waals surface area contributed by atoms with Crippen molar-refractivity contribution in [3.63, 3.8) is 0 Å². The molecular formula is C11H7BrN2O2. The number of para-hydroxylation sites is 1. The second-order valence-electron chi connectivity index (χ2n) is 2.91. The first-order valence-corrected chi connectivity index (χ1v) is 5.29. The van der Waals surface area contributed by atoms with Crippen LogP contribution < -0.4 is 4.74 Å². The second kappa shape index (κ2) is 4.85. The molecule has 0 aliphatic rings. The van der Waals surface area contributed by atoms with Crippen LogP contribution >= 0.6 is 15.9 Å². The summed E-state index contributed by atoms with van der Waals surface area (Å²) in [7, 11) is 0. The molecule has 0 atom stereocenters. The van der Waals surface area contributed by atoms with E-state index in [1.807, 2.05) is 6.07 Å². The Balaban J connectivity index is 2.18. The minimum atomic E-state index is -0.528. The minimum Gasteiger partial charge on any atom is -0.421 e. The van der Waals surface area contributed by atoms with Gasteiger partial charge in [0.2, 0.25) is 0 Å². The van der Waals surface area contributed by atoms with Crippen LogP contribution in [-0.2, 0) is 0 Å². The number of hydrogen-bond acceptors (Lipinski definition) is 4. The third-order valence-corrected chi connectivity index (χ3v) is 2.47. The largest absolute Gasteiger partial charge is 0.421 e. The number of benzene rings is 1. The Kier molecular flexibility index (Phi) is 3.26. The predicted molar refractivity (Wildman–Crippen MR) is 61.1 cm³/mol. The minimum absolute atomic E-state index is 0.179. The number of carbonyl (C=O) groups is 1. The Morgan fingerprint density at radius 3 is 2.75 bits per heavy atom. The number of esters is 1. The molecule has 2 aromatic rings. The molecule has 2 rings (SSSR count). The molecule has 0 unspecified atom stereocenters. The molecule has 0 bridgehead atoms. The molecule has 1 aromatic carbocycles. The van der Waals surface area contributed by atoms with Gasteiger partial charge in [0.1, 0.15) is 5.75 Å². The van der Waals surface area contributed by atoms with Crippen molar-refractivity contribution >= 4 is 21.9 Å². The van der Waals surface area contributed by atoms with Crippen LogP contribution in [0, 0.1) is 0 Å². The standard InChI is InChI=1S/C11H7BrN2O2/c12-8-3-1-2-4-10(8)16-11(15)9-7-13-5-6-14-9/h1-7H. The SMILES string of the molecule is O=C(Oc1ccccc1Br)c1cnccn1. The fraction of sp³-hybridized carbons (Fsp3) is 0. The Morgan fingerprint density at radius 2 is 2.06 bits per heavy atom. The maximum atomic E-state index is 11.6. The molecule has 0 radical (unpaired) electrons. The van der Waals surface area contributed by atoms with Crippen molar-refractivity contribution in [2.45, 2.75) is 0 Å². The molecule has 0 saturated carbocycles. The van der Waals surface area contributed by atoms with Crippen LogP contribution in [-0.4, -0.2) is 15.9 Å². The summed E-state index contributed by atoms with van der Waals surface area (Å²) in [5, 5.41) is 0. The molecular weight excluding hydrogens is 272 g/mol. The highest BCUT2D eigenvalue weighted by Gasteiger charge is 2.11. The lowest BCUT2D eigenvalue weighted by atomic mass is 10.3. The van der Waals surface area contributed by atoms with Crippen molar-refractivity contribution in [3.05, 3.63) is 53.0 Å². The molecule has 0 aliphatic heterocycles. The van der Waals surface area contributed by atoms with Gasteiger partial charge in [-0.1, -0.05) is 12.1 Å². The van der Waals surface area contributed by atoms with E-state index in [2.05, 4.69) is 25.9 Å². The lowest BCUT2D eigenvalue weighted by Crippen LogP contribution is -2.10. The molecule has 1 aromatic heterocycles. The molecule has 5 heteroatoms. The Morgan fingerprint density at radius 1 is 1.25 bits per heavy atom. The fourth-order valence-electron chi connectivity index (χ4n) is 1.08. The van der Waals surface area contributed by atoms with Crippen LogP contribution in [0.25, 0.3) is 0 Å². The number of hydrogen-bond donors (Lipinski definition) is 0. The van der Waals surface area contributed by atoms with E-state index in [0.717, 1.165) is 0 Å². The lowest BCUT2D eigenvalue weighted by Gasteiger charge is -2.04. The quantitative estimate of drug-likeness (QED) is 0.626. The van der Waals surface area contributed by atoms with E-state index in [1.54, 1.807) is 18.2 Å². The van der Waals surface area contributed by atoms with Gasteiger partial charge in [0, 0.05) is 12.4 Å². The van der Waals surface area contributed by atoms with Crippen LogP contribution in [0.2, 0.25) is 0 Å². The molecule has 0 N–H and O–H groups in total. The van der Waals surface area contributed by atoms with E-state index in [4.69, 9.17) is 4.74 Å². The van der Waals surface area contributed by atoms with E-state index in [-0.39, 0.29) is 5.69 Å². The van der Waals surface area contributed by atoms with E-state index < -0.39 is 5.97 Å². The highest BCUT2D eigenvalue weighted by Crippen LogP contribution is 2.24. The zero-order valence-electron chi connectivity index (χ0n) is 8.13. The van der Waals surface area contributed by atoms with Crippen LogP contribution in [0.3, 0.4) is 0 Å². The number of rotatable bonds is 2. The smallest absolute Gasteiger partial charge is 0.363 e. The van der Waals surface area contributed by atoms with Crippen LogP contribution in [0.4, 0.5) is 0 Å². The van der Waals surface area contributed by atoms with E-state index in [1.165, 1.54) is 18.6 Å². The first kappa shape index (κ1) is 10.8.